The fourth-order valence-electron chi connectivity index (χ4n) is 3.34. The van der Waals surface area contributed by atoms with Crippen LogP contribution in [0.2, 0.25) is 0 Å². The zero-order valence-electron chi connectivity index (χ0n) is 14.0. The molecular weight excluding hydrogens is 316 g/mol. The van der Waals surface area contributed by atoms with Crippen LogP contribution in [0.15, 0.2) is 0 Å². The van der Waals surface area contributed by atoms with E-state index < -0.39 is 0 Å². The summed E-state index contributed by atoms with van der Waals surface area (Å²) in [6, 6.07) is 0. The normalized spacial score (nSPS) is 27.2. The van der Waals surface area contributed by atoms with Crippen LogP contribution < -0.4 is 0 Å². The molecule has 0 bridgehead atoms. The molecule has 5 heteroatoms. The molecule has 3 nitrogen and oxygen atoms in total. The van der Waals surface area contributed by atoms with Gasteiger partial charge in [-0.05, 0) is 56.5 Å². The van der Waals surface area contributed by atoms with Gasteiger partial charge in [0.1, 0.15) is 0 Å². The number of esters is 1. The first-order valence-electron chi connectivity index (χ1n) is 8.73. The van der Waals surface area contributed by atoms with E-state index in [2.05, 4.69) is 30.4 Å². The van der Waals surface area contributed by atoms with Gasteiger partial charge in [-0.25, -0.2) is 0 Å². The molecule has 0 unspecified atom stereocenters. The summed E-state index contributed by atoms with van der Waals surface area (Å²) in [7, 11) is 0. The second kappa shape index (κ2) is 9.43. The number of rotatable bonds is 8. The molecule has 0 radical (unpaired) electrons. The Labute approximate surface area is 143 Å². The minimum atomic E-state index is -0.0678. The summed E-state index contributed by atoms with van der Waals surface area (Å²) in [5.41, 5.74) is 0. The maximum Gasteiger partial charge on any atom is 0.305 e. The number of unbranched alkanes of at least 4 members (excludes halogenated alkanes) is 2. The van der Waals surface area contributed by atoms with Gasteiger partial charge in [0, 0.05) is 13.0 Å². The Morgan fingerprint density at radius 2 is 2.00 bits per heavy atom. The Balaban J connectivity index is 1.64. The maximum atomic E-state index is 11.3. The largest absolute Gasteiger partial charge is 0.466 e. The van der Waals surface area contributed by atoms with Gasteiger partial charge in [0.2, 0.25) is 0 Å². The van der Waals surface area contributed by atoms with E-state index in [0.717, 1.165) is 25.9 Å². The van der Waals surface area contributed by atoms with Gasteiger partial charge in [-0.15, -0.1) is 23.5 Å². The van der Waals surface area contributed by atoms with Crippen molar-refractivity contribution < 1.29 is 14.3 Å². The molecule has 1 aliphatic carbocycles. The molecule has 1 spiro atoms. The van der Waals surface area contributed by atoms with Gasteiger partial charge in [0.25, 0.3) is 0 Å². The second-order valence-corrected chi connectivity index (χ2v) is 9.39. The van der Waals surface area contributed by atoms with Crippen LogP contribution in [-0.4, -0.2) is 40.9 Å². The lowest BCUT2D eigenvalue weighted by Gasteiger charge is -2.38. The Bertz CT molecular complexity index is 337. The van der Waals surface area contributed by atoms with E-state index >= 15 is 0 Å². The van der Waals surface area contributed by atoms with Gasteiger partial charge in [-0.1, -0.05) is 13.3 Å². The van der Waals surface area contributed by atoms with Crippen molar-refractivity contribution in [2.75, 3.05) is 24.7 Å². The van der Waals surface area contributed by atoms with Crippen molar-refractivity contribution in [1.29, 1.82) is 0 Å². The fourth-order valence-corrected chi connectivity index (χ4v) is 7.08. The summed E-state index contributed by atoms with van der Waals surface area (Å²) < 4.78 is 11.6. The van der Waals surface area contributed by atoms with Crippen LogP contribution in [0.25, 0.3) is 0 Å². The van der Waals surface area contributed by atoms with Crippen molar-refractivity contribution in [2.24, 2.45) is 5.92 Å². The molecule has 0 amide bonds. The van der Waals surface area contributed by atoms with Crippen LogP contribution in [0.1, 0.15) is 58.8 Å². The van der Waals surface area contributed by atoms with E-state index in [1.807, 2.05) is 6.92 Å². The highest BCUT2D eigenvalue weighted by Crippen LogP contribution is 2.55. The third-order valence-electron chi connectivity index (χ3n) is 4.51. The third kappa shape index (κ3) is 5.07. The monoisotopic (exact) mass is 346 g/mol. The molecule has 1 saturated carbocycles. The van der Waals surface area contributed by atoms with E-state index in [0.29, 0.717) is 29.1 Å². The first-order chi connectivity index (χ1) is 10.7. The summed E-state index contributed by atoms with van der Waals surface area (Å²) in [5.74, 6) is 3.19. The quantitative estimate of drug-likeness (QED) is 0.478. The molecule has 2 fully saturated rings. The van der Waals surface area contributed by atoms with Crippen molar-refractivity contribution in [3.8, 4) is 0 Å². The minimum Gasteiger partial charge on any atom is -0.466 e. The first kappa shape index (κ1) is 18.5. The number of carbonyl (C=O) groups excluding carboxylic acids is 1. The van der Waals surface area contributed by atoms with Crippen LogP contribution in [-0.2, 0) is 14.3 Å². The van der Waals surface area contributed by atoms with Crippen molar-refractivity contribution in [1.82, 2.24) is 0 Å². The van der Waals surface area contributed by atoms with Crippen LogP contribution in [0, 0.1) is 5.92 Å². The summed E-state index contributed by atoms with van der Waals surface area (Å²) in [5, 5.41) is 0. The fraction of sp³-hybridized carbons (Fsp3) is 0.941. The van der Waals surface area contributed by atoms with Crippen molar-refractivity contribution in [3.05, 3.63) is 0 Å². The molecule has 1 aliphatic heterocycles. The number of hydrogen-bond acceptors (Lipinski definition) is 5. The number of ether oxygens (including phenoxy) is 2. The molecule has 1 saturated heterocycles. The van der Waals surface area contributed by atoms with Crippen molar-refractivity contribution in [2.45, 2.75) is 69.0 Å². The molecule has 2 rings (SSSR count). The Morgan fingerprint density at radius 3 is 2.73 bits per heavy atom. The summed E-state index contributed by atoms with van der Waals surface area (Å²) in [6.07, 6.45) is 7.91. The molecule has 1 heterocycles. The Hall–Kier alpha value is 0.130. The van der Waals surface area contributed by atoms with Gasteiger partial charge < -0.3 is 9.47 Å². The van der Waals surface area contributed by atoms with Crippen molar-refractivity contribution in [3.63, 3.8) is 0 Å². The Kier molecular flexibility index (Phi) is 7.92. The molecule has 22 heavy (non-hydrogen) atoms. The van der Waals surface area contributed by atoms with Gasteiger partial charge in [-0.3, -0.25) is 4.79 Å². The van der Waals surface area contributed by atoms with Gasteiger partial charge in [-0.2, -0.15) is 0 Å². The number of carbonyl (C=O) groups is 1. The third-order valence-corrected chi connectivity index (χ3v) is 8.05. The lowest BCUT2D eigenvalue weighted by molar-refractivity contribution is -0.143. The first-order valence-corrected chi connectivity index (χ1v) is 10.7. The molecular formula is C17H30O3S2. The van der Waals surface area contributed by atoms with Crippen LogP contribution in [0.5, 0.6) is 0 Å². The minimum absolute atomic E-state index is 0.0678. The number of hydrogen-bond donors (Lipinski definition) is 0. The maximum absolute atomic E-state index is 11.3. The van der Waals surface area contributed by atoms with Crippen LogP contribution in [0.4, 0.5) is 0 Å². The van der Waals surface area contributed by atoms with E-state index in [1.54, 1.807) is 0 Å². The van der Waals surface area contributed by atoms with Gasteiger partial charge >= 0.3 is 5.97 Å². The zero-order valence-corrected chi connectivity index (χ0v) is 15.6. The summed E-state index contributed by atoms with van der Waals surface area (Å²) in [4.78, 5) is 11.3. The average Bonchev–Trinajstić information content (AvgIpc) is 2.80. The van der Waals surface area contributed by atoms with Gasteiger partial charge in [0.05, 0.1) is 16.8 Å². The van der Waals surface area contributed by atoms with Crippen LogP contribution in [0.3, 0.4) is 0 Å². The lowest BCUT2D eigenvalue weighted by atomic mass is 10.1. The number of thioether (sulfide) groups is 2. The molecule has 0 aromatic rings. The molecule has 128 valence electrons. The highest BCUT2D eigenvalue weighted by Gasteiger charge is 2.49. The molecule has 0 aromatic carbocycles. The zero-order chi connectivity index (χ0) is 15.8. The predicted molar refractivity (Wildman–Crippen MR) is 95.5 cm³/mol. The smallest absolute Gasteiger partial charge is 0.305 e. The van der Waals surface area contributed by atoms with E-state index in [-0.39, 0.29) is 5.97 Å². The summed E-state index contributed by atoms with van der Waals surface area (Å²) >= 11 is 4.28. The lowest BCUT2D eigenvalue weighted by Crippen LogP contribution is -2.38. The molecule has 0 N–H and O–H groups in total. The topological polar surface area (TPSA) is 35.5 Å². The van der Waals surface area contributed by atoms with Crippen molar-refractivity contribution >= 4 is 29.5 Å². The van der Waals surface area contributed by atoms with Gasteiger partial charge in [0.15, 0.2) is 0 Å². The highest BCUT2D eigenvalue weighted by atomic mass is 32.2. The SMILES string of the molecule is CCOC(=O)CCCCCO[C@H]1[C@H](C)CCC12SCCCS2. The summed E-state index contributed by atoms with van der Waals surface area (Å²) in [6.45, 7) is 5.52. The predicted octanol–water partition coefficient (Wildman–Crippen LogP) is 4.49. The Morgan fingerprint density at radius 1 is 1.23 bits per heavy atom. The van der Waals surface area contributed by atoms with Crippen LogP contribution >= 0.6 is 23.5 Å². The highest BCUT2D eigenvalue weighted by molar-refractivity contribution is 8.18. The average molecular weight is 347 g/mol. The van der Waals surface area contributed by atoms with E-state index in [9.17, 15) is 4.79 Å². The second-order valence-electron chi connectivity index (χ2n) is 6.29. The molecule has 0 aromatic heterocycles. The standard InChI is InChI=1S/C17H30O3S2/c1-3-19-15(18)8-5-4-6-11-20-16-14(2)9-10-17(16)21-12-7-13-22-17/h14,16H,3-13H2,1-2H3/t14-,16+/m1/s1. The molecule has 2 aliphatic rings. The van der Waals surface area contributed by atoms with E-state index in [4.69, 9.17) is 9.47 Å². The van der Waals surface area contributed by atoms with E-state index in [1.165, 1.54) is 30.8 Å². The molecule has 2 atom stereocenters.